The van der Waals surface area contributed by atoms with E-state index >= 15 is 0 Å². The van der Waals surface area contributed by atoms with E-state index < -0.39 is 5.82 Å². The number of para-hydroxylation sites is 1. The maximum absolute atomic E-state index is 13.9. The summed E-state index contributed by atoms with van der Waals surface area (Å²) < 4.78 is 26.1. The van der Waals surface area contributed by atoms with Crippen LogP contribution < -0.4 is 9.47 Å². The van der Waals surface area contributed by atoms with E-state index in [0.717, 1.165) is 37.9 Å². The summed E-state index contributed by atoms with van der Waals surface area (Å²) in [7, 11) is 0. The lowest BCUT2D eigenvalue weighted by Crippen LogP contribution is -2.45. The third kappa shape index (κ3) is 6.56. The predicted octanol–water partition coefficient (Wildman–Crippen LogP) is 5.23. The summed E-state index contributed by atoms with van der Waals surface area (Å²) in [5.41, 5.74) is 0.756. The van der Waals surface area contributed by atoms with Crippen LogP contribution in [0.15, 0.2) is 73.1 Å². The zero-order chi connectivity index (χ0) is 27.1. The summed E-state index contributed by atoms with van der Waals surface area (Å²) in [6.45, 7) is 2.93. The number of aromatic nitrogens is 1. The van der Waals surface area contributed by atoms with Crippen LogP contribution in [-0.4, -0.2) is 66.0 Å². The number of hydrogen-bond donors (Lipinski definition) is 0. The molecule has 0 saturated carbocycles. The van der Waals surface area contributed by atoms with Crippen molar-refractivity contribution >= 4 is 11.8 Å². The van der Waals surface area contributed by atoms with Gasteiger partial charge in [-0.25, -0.2) is 4.39 Å². The molecule has 1 aromatic heterocycles. The molecule has 2 aromatic carbocycles. The van der Waals surface area contributed by atoms with Crippen molar-refractivity contribution in [2.75, 3.05) is 39.4 Å². The first-order valence-electron chi connectivity index (χ1n) is 13.6. The standard InChI is InChI=1S/C31H34FN3O4/c32-25-8-5-7-24(21-25)29(36)34-16-4-3-12-31(23-39-26-9-6-15-33-22-26)13-17-35(18-14-31)30(37)27-10-1-2-11-28(27)38-20-19-34/h1-2,5-11,15,21-22H,3-4,12-14,16-20,23H2. The molecule has 0 spiro atoms. The number of ether oxygens (including phenoxy) is 2. The molecule has 0 atom stereocenters. The van der Waals surface area contributed by atoms with Crippen molar-refractivity contribution in [2.45, 2.75) is 32.1 Å². The minimum atomic E-state index is -0.441. The van der Waals surface area contributed by atoms with Gasteiger partial charge in [-0.2, -0.15) is 0 Å². The van der Waals surface area contributed by atoms with E-state index in [9.17, 15) is 14.0 Å². The van der Waals surface area contributed by atoms with Crippen LogP contribution in [0, 0.1) is 11.2 Å². The van der Waals surface area contributed by atoms with Crippen molar-refractivity contribution < 1.29 is 23.5 Å². The Balaban J connectivity index is 1.37. The Labute approximate surface area is 228 Å². The molecule has 39 heavy (non-hydrogen) atoms. The number of carbonyl (C=O) groups excluding carboxylic acids is 2. The predicted molar refractivity (Wildman–Crippen MR) is 145 cm³/mol. The van der Waals surface area contributed by atoms with Gasteiger partial charge in [0.05, 0.1) is 24.9 Å². The lowest BCUT2D eigenvalue weighted by Gasteiger charge is -2.42. The molecule has 8 heteroatoms. The number of halogens is 1. The highest BCUT2D eigenvalue weighted by atomic mass is 19.1. The lowest BCUT2D eigenvalue weighted by molar-refractivity contribution is 0.0358. The average molecular weight is 532 g/mol. The second-order valence-electron chi connectivity index (χ2n) is 10.4. The molecule has 7 nitrogen and oxygen atoms in total. The van der Waals surface area contributed by atoms with E-state index in [1.54, 1.807) is 41.6 Å². The molecule has 2 amide bonds. The minimum absolute atomic E-state index is 0.0463. The van der Waals surface area contributed by atoms with E-state index in [1.807, 2.05) is 29.2 Å². The largest absolute Gasteiger partial charge is 0.491 e. The van der Waals surface area contributed by atoms with Crippen molar-refractivity contribution in [1.29, 1.82) is 0 Å². The molecular weight excluding hydrogens is 497 g/mol. The summed E-state index contributed by atoms with van der Waals surface area (Å²) in [5.74, 6) is 0.527. The fourth-order valence-corrected chi connectivity index (χ4v) is 5.45. The van der Waals surface area contributed by atoms with Crippen LogP contribution in [-0.2, 0) is 0 Å². The van der Waals surface area contributed by atoms with Gasteiger partial charge < -0.3 is 19.3 Å². The minimum Gasteiger partial charge on any atom is -0.491 e. The van der Waals surface area contributed by atoms with Crippen LogP contribution >= 0.6 is 0 Å². The van der Waals surface area contributed by atoms with E-state index in [1.165, 1.54) is 12.1 Å². The summed E-state index contributed by atoms with van der Waals surface area (Å²) in [6, 6.07) is 16.8. The number of fused-ring (bicyclic) bond motifs is 9. The van der Waals surface area contributed by atoms with Crippen molar-refractivity contribution in [3.8, 4) is 11.5 Å². The first-order valence-corrected chi connectivity index (χ1v) is 13.6. The van der Waals surface area contributed by atoms with Crippen molar-refractivity contribution in [3.63, 3.8) is 0 Å². The van der Waals surface area contributed by atoms with Crippen LogP contribution in [0.3, 0.4) is 0 Å². The Morgan fingerprint density at radius 3 is 2.62 bits per heavy atom. The summed E-state index contributed by atoms with van der Waals surface area (Å²) in [6.07, 6.45) is 7.71. The topological polar surface area (TPSA) is 72.0 Å². The first kappa shape index (κ1) is 26.7. The zero-order valence-corrected chi connectivity index (χ0v) is 22.1. The number of hydrogen-bond acceptors (Lipinski definition) is 5. The Morgan fingerprint density at radius 1 is 0.974 bits per heavy atom. The molecule has 4 heterocycles. The molecule has 6 rings (SSSR count). The highest BCUT2D eigenvalue weighted by Gasteiger charge is 2.37. The normalized spacial score (nSPS) is 17.9. The number of carbonyl (C=O) groups is 2. The van der Waals surface area contributed by atoms with E-state index in [4.69, 9.17) is 9.47 Å². The van der Waals surface area contributed by atoms with Crippen LogP contribution in [0.1, 0.15) is 52.8 Å². The molecule has 0 aliphatic carbocycles. The Morgan fingerprint density at radius 2 is 1.82 bits per heavy atom. The molecule has 204 valence electrons. The van der Waals surface area contributed by atoms with Crippen molar-refractivity contribution in [1.82, 2.24) is 14.8 Å². The van der Waals surface area contributed by atoms with Crippen LogP contribution in [0.5, 0.6) is 11.5 Å². The third-order valence-corrected chi connectivity index (χ3v) is 7.77. The van der Waals surface area contributed by atoms with Crippen molar-refractivity contribution in [3.05, 3.63) is 90.0 Å². The lowest BCUT2D eigenvalue weighted by atomic mass is 9.75. The van der Waals surface area contributed by atoms with Gasteiger partial charge in [0.25, 0.3) is 11.8 Å². The van der Waals surface area contributed by atoms with Gasteiger partial charge in [0.1, 0.15) is 23.9 Å². The monoisotopic (exact) mass is 531 g/mol. The smallest absolute Gasteiger partial charge is 0.257 e. The van der Waals surface area contributed by atoms with Gasteiger partial charge in [0.15, 0.2) is 0 Å². The van der Waals surface area contributed by atoms with Crippen LogP contribution in [0.4, 0.5) is 4.39 Å². The third-order valence-electron chi connectivity index (χ3n) is 7.77. The van der Waals surface area contributed by atoms with Gasteiger partial charge in [-0.05, 0) is 68.1 Å². The molecule has 2 bridgehead atoms. The Hall–Kier alpha value is -3.94. The zero-order valence-electron chi connectivity index (χ0n) is 22.1. The maximum atomic E-state index is 13.9. The van der Waals surface area contributed by atoms with Crippen LogP contribution in [0.25, 0.3) is 0 Å². The second kappa shape index (κ2) is 12.3. The SMILES string of the molecule is O=C(c1cccc(F)c1)N1CCCCC2(COc3cccnc3)CCN(CC2)C(=O)c2ccccc2OCC1. The number of nitrogens with zero attached hydrogens (tertiary/aromatic N) is 3. The van der Waals surface area contributed by atoms with Gasteiger partial charge in [0, 0.05) is 36.8 Å². The van der Waals surface area contributed by atoms with E-state index in [-0.39, 0.29) is 23.8 Å². The number of pyridine rings is 1. The van der Waals surface area contributed by atoms with Gasteiger partial charge in [-0.1, -0.05) is 24.6 Å². The van der Waals surface area contributed by atoms with Crippen LogP contribution in [0.2, 0.25) is 0 Å². The average Bonchev–Trinajstić information content (AvgIpc) is 2.98. The van der Waals surface area contributed by atoms with Gasteiger partial charge in [-0.15, -0.1) is 0 Å². The molecule has 1 fully saturated rings. The highest BCUT2D eigenvalue weighted by Crippen LogP contribution is 2.38. The molecule has 1 saturated heterocycles. The Kier molecular flexibility index (Phi) is 8.39. The van der Waals surface area contributed by atoms with Gasteiger partial charge in [0.2, 0.25) is 0 Å². The fourth-order valence-electron chi connectivity index (χ4n) is 5.45. The molecular formula is C31H34FN3O4. The number of rotatable bonds is 4. The fraction of sp³-hybridized carbons (Fsp3) is 0.387. The number of benzene rings is 2. The number of amides is 2. The molecule has 0 N–H and O–H groups in total. The summed E-state index contributed by atoms with van der Waals surface area (Å²) >= 11 is 0. The van der Waals surface area contributed by atoms with E-state index in [2.05, 4.69) is 4.98 Å². The molecule has 3 aliphatic heterocycles. The summed E-state index contributed by atoms with van der Waals surface area (Å²) in [5, 5.41) is 0. The highest BCUT2D eigenvalue weighted by molar-refractivity contribution is 5.97. The summed E-state index contributed by atoms with van der Waals surface area (Å²) in [4.78, 5) is 34.6. The second-order valence-corrected chi connectivity index (χ2v) is 10.4. The maximum Gasteiger partial charge on any atom is 0.257 e. The Bertz CT molecular complexity index is 1280. The molecule has 0 radical (unpaired) electrons. The van der Waals surface area contributed by atoms with Crippen molar-refractivity contribution in [2.24, 2.45) is 5.41 Å². The molecule has 3 aliphatic rings. The van der Waals surface area contributed by atoms with E-state index in [0.29, 0.717) is 49.7 Å². The quantitative estimate of drug-likeness (QED) is 0.461. The molecule has 3 aromatic rings. The first-order chi connectivity index (χ1) is 19.0. The number of piperidine rings is 1. The van der Waals surface area contributed by atoms with Gasteiger partial charge in [-0.3, -0.25) is 14.6 Å². The van der Waals surface area contributed by atoms with Gasteiger partial charge >= 0.3 is 0 Å². The molecule has 0 unspecified atom stereocenters.